The molecular weight excluding hydrogens is 288 g/mol. The third-order valence-electron chi connectivity index (χ3n) is 6.82. The molecule has 0 aromatic rings. The van der Waals surface area contributed by atoms with Gasteiger partial charge in [-0.25, -0.2) is 0 Å². The van der Waals surface area contributed by atoms with Crippen LogP contribution < -0.4 is 0 Å². The van der Waals surface area contributed by atoms with Crippen molar-refractivity contribution in [1.29, 1.82) is 0 Å². The van der Waals surface area contributed by atoms with Gasteiger partial charge in [0.25, 0.3) is 0 Å². The van der Waals surface area contributed by atoms with Gasteiger partial charge in [-0.3, -0.25) is 0 Å². The van der Waals surface area contributed by atoms with Crippen LogP contribution in [0.2, 0.25) is 0 Å². The SMILES string of the molecule is CC(C)(C)C(C)(C)C(C)(C)C.CC(C)C(C)(C)C.CC(C)C(C)C. The maximum atomic E-state index is 2.35. The number of hydrogen-bond acceptors (Lipinski definition) is 0. The van der Waals surface area contributed by atoms with Crippen molar-refractivity contribution in [2.75, 3.05) is 0 Å². The minimum absolute atomic E-state index is 0.375. The quantitative estimate of drug-likeness (QED) is 0.445. The maximum absolute atomic E-state index is 2.35. The molecule has 0 heteroatoms. The van der Waals surface area contributed by atoms with Crippen LogP contribution in [0.5, 0.6) is 0 Å². The van der Waals surface area contributed by atoms with Crippen LogP contribution in [0.4, 0.5) is 0 Å². The zero-order valence-corrected chi connectivity index (χ0v) is 20.7. The molecule has 0 rings (SSSR count). The van der Waals surface area contributed by atoms with E-state index in [2.05, 4.69) is 118 Å². The fourth-order valence-electron chi connectivity index (χ4n) is 1.12. The topological polar surface area (TPSA) is 0 Å². The first kappa shape index (κ1) is 28.8. The normalized spacial score (nSPS) is 13.5. The Morgan fingerprint density at radius 1 is 0.417 bits per heavy atom. The van der Waals surface area contributed by atoms with Crippen molar-refractivity contribution in [3.05, 3.63) is 0 Å². The molecule has 0 saturated heterocycles. The standard InChI is InChI=1S/C11H24.C7H16.C6H14/c1-9(2,3)11(7,8)10(4,5)6;1-6(2)7(3,4)5;1-5(2)6(3)4/h1-8H3;6H,1-5H3;5-6H,1-4H3. The number of hydrogen-bond donors (Lipinski definition) is 0. The third kappa shape index (κ3) is 12.4. The van der Waals surface area contributed by atoms with E-state index < -0.39 is 0 Å². The summed E-state index contributed by atoms with van der Waals surface area (Å²) in [4.78, 5) is 0. The Bertz CT molecular complexity index is 272. The molecule has 0 amide bonds. The molecule has 0 spiro atoms. The summed E-state index contributed by atoms with van der Waals surface area (Å²) >= 11 is 0. The van der Waals surface area contributed by atoms with Crippen LogP contribution in [-0.4, -0.2) is 0 Å². The second-order valence-corrected chi connectivity index (χ2v) is 12.1. The highest BCUT2D eigenvalue weighted by Gasteiger charge is 2.42. The summed E-state index contributed by atoms with van der Waals surface area (Å²) in [5.41, 5.74) is 1.64. The molecule has 150 valence electrons. The van der Waals surface area contributed by atoms with Crippen molar-refractivity contribution in [1.82, 2.24) is 0 Å². The number of rotatable bonds is 1. The van der Waals surface area contributed by atoms with Gasteiger partial charge in [-0.15, -0.1) is 0 Å². The van der Waals surface area contributed by atoms with Gasteiger partial charge in [0.15, 0.2) is 0 Å². The predicted molar refractivity (Wildman–Crippen MR) is 117 cm³/mol. The first-order valence-electron chi connectivity index (χ1n) is 10.1. The van der Waals surface area contributed by atoms with Gasteiger partial charge in [-0.1, -0.05) is 118 Å². The maximum Gasteiger partial charge on any atom is -0.0257 e. The van der Waals surface area contributed by atoms with Crippen LogP contribution in [0.25, 0.3) is 0 Å². The fraction of sp³-hybridized carbons (Fsp3) is 1.00. The molecule has 0 nitrogen and oxygen atoms in total. The molecule has 0 aliphatic carbocycles. The summed E-state index contributed by atoms with van der Waals surface area (Å²) in [5.74, 6) is 2.50. The molecule has 0 fully saturated rings. The minimum atomic E-state index is 0.375. The lowest BCUT2D eigenvalue weighted by atomic mass is 9.56. The highest BCUT2D eigenvalue weighted by Crippen LogP contribution is 2.50. The van der Waals surface area contributed by atoms with E-state index in [9.17, 15) is 0 Å². The Morgan fingerprint density at radius 2 is 0.583 bits per heavy atom. The molecule has 0 atom stereocenters. The van der Waals surface area contributed by atoms with E-state index in [1.54, 1.807) is 0 Å². The third-order valence-corrected chi connectivity index (χ3v) is 6.82. The molecule has 0 aromatic heterocycles. The molecule has 0 heterocycles. The van der Waals surface area contributed by atoms with E-state index in [1.807, 2.05) is 0 Å². The summed E-state index contributed by atoms with van der Waals surface area (Å²) in [6.07, 6.45) is 0. The van der Waals surface area contributed by atoms with E-state index in [1.165, 1.54) is 0 Å². The molecule has 0 bridgehead atoms. The Balaban J connectivity index is -0.000000294. The van der Waals surface area contributed by atoms with Gasteiger partial charge in [0.2, 0.25) is 0 Å². The monoisotopic (exact) mass is 342 g/mol. The molecule has 0 aromatic carbocycles. The second kappa shape index (κ2) is 10.2. The summed E-state index contributed by atoms with van der Waals surface area (Å²) in [6.45, 7) is 38.9. The van der Waals surface area contributed by atoms with E-state index >= 15 is 0 Å². The molecule has 0 aliphatic heterocycles. The highest BCUT2D eigenvalue weighted by molar-refractivity contribution is 4.91. The van der Waals surface area contributed by atoms with E-state index in [4.69, 9.17) is 0 Å². The van der Waals surface area contributed by atoms with Gasteiger partial charge >= 0.3 is 0 Å². The summed E-state index contributed by atoms with van der Waals surface area (Å²) in [7, 11) is 0. The summed E-state index contributed by atoms with van der Waals surface area (Å²) in [6, 6.07) is 0. The average Bonchev–Trinajstić information content (AvgIpc) is 2.25. The zero-order valence-electron chi connectivity index (χ0n) is 20.7. The lowest BCUT2D eigenvalue weighted by molar-refractivity contribution is 0.00575. The first-order valence-corrected chi connectivity index (χ1v) is 10.1. The van der Waals surface area contributed by atoms with Crippen molar-refractivity contribution in [2.45, 2.75) is 118 Å². The summed E-state index contributed by atoms with van der Waals surface area (Å²) < 4.78 is 0. The van der Waals surface area contributed by atoms with Crippen LogP contribution in [0, 0.1) is 39.4 Å². The Labute approximate surface area is 157 Å². The van der Waals surface area contributed by atoms with Crippen LogP contribution >= 0.6 is 0 Å². The van der Waals surface area contributed by atoms with Gasteiger partial charge < -0.3 is 0 Å². The van der Waals surface area contributed by atoms with Crippen LogP contribution in [0.1, 0.15) is 118 Å². The van der Waals surface area contributed by atoms with Gasteiger partial charge in [0.1, 0.15) is 0 Å². The Kier molecular flexibility index (Phi) is 12.3. The molecule has 0 aliphatic rings. The lowest BCUT2D eigenvalue weighted by Gasteiger charge is -2.49. The zero-order chi connectivity index (χ0) is 20.7. The molecule has 0 radical (unpaired) electrons. The van der Waals surface area contributed by atoms with E-state index in [-0.39, 0.29) is 0 Å². The van der Waals surface area contributed by atoms with Gasteiger partial charge in [-0.05, 0) is 39.4 Å². The Morgan fingerprint density at radius 3 is 0.583 bits per heavy atom. The first-order chi connectivity index (χ1) is 10.1. The van der Waals surface area contributed by atoms with Crippen molar-refractivity contribution in [3.63, 3.8) is 0 Å². The van der Waals surface area contributed by atoms with E-state index in [0.717, 1.165) is 17.8 Å². The minimum Gasteiger partial charge on any atom is -0.0625 e. The van der Waals surface area contributed by atoms with Gasteiger partial charge in [-0.2, -0.15) is 0 Å². The van der Waals surface area contributed by atoms with Crippen LogP contribution in [0.15, 0.2) is 0 Å². The second-order valence-electron chi connectivity index (χ2n) is 12.1. The molecular formula is C24H54. The van der Waals surface area contributed by atoms with Crippen molar-refractivity contribution < 1.29 is 0 Å². The van der Waals surface area contributed by atoms with Crippen molar-refractivity contribution >= 4 is 0 Å². The largest absolute Gasteiger partial charge is 0.0625 e. The molecule has 0 N–H and O–H groups in total. The van der Waals surface area contributed by atoms with E-state index in [0.29, 0.717) is 21.7 Å². The van der Waals surface area contributed by atoms with Crippen LogP contribution in [0.3, 0.4) is 0 Å². The molecule has 0 saturated carbocycles. The lowest BCUT2D eigenvalue weighted by Crippen LogP contribution is -2.41. The fourth-order valence-corrected chi connectivity index (χ4v) is 1.12. The van der Waals surface area contributed by atoms with Crippen LogP contribution in [-0.2, 0) is 0 Å². The molecule has 24 heavy (non-hydrogen) atoms. The average molecular weight is 343 g/mol. The van der Waals surface area contributed by atoms with Gasteiger partial charge in [0.05, 0.1) is 0 Å². The smallest absolute Gasteiger partial charge is 0.0257 e. The summed E-state index contributed by atoms with van der Waals surface area (Å²) in [5, 5.41) is 0. The van der Waals surface area contributed by atoms with Crippen molar-refractivity contribution in [2.24, 2.45) is 39.4 Å². The van der Waals surface area contributed by atoms with Crippen molar-refractivity contribution in [3.8, 4) is 0 Å². The highest BCUT2D eigenvalue weighted by atomic mass is 14.5. The molecule has 0 unspecified atom stereocenters. The Hall–Kier alpha value is 0. The van der Waals surface area contributed by atoms with Gasteiger partial charge in [0, 0.05) is 0 Å². The predicted octanol–water partition coefficient (Wildman–Crippen LogP) is 9.09.